The molecule has 0 bridgehead atoms. The Bertz CT molecular complexity index is 982. The first-order chi connectivity index (χ1) is 14.4. The molecular weight excluding hydrogens is 386 g/mol. The molecule has 1 atom stereocenters. The lowest BCUT2D eigenvalue weighted by molar-refractivity contribution is 0.0616. The molecule has 3 rings (SSSR count). The molecule has 1 heterocycles. The summed E-state index contributed by atoms with van der Waals surface area (Å²) in [6.45, 7) is 0.104. The van der Waals surface area contributed by atoms with E-state index in [1.807, 2.05) is 12.1 Å². The number of aromatic nitrogens is 2. The third-order valence-electron chi connectivity index (χ3n) is 4.29. The summed E-state index contributed by atoms with van der Waals surface area (Å²) in [7, 11) is 1.55. The molecule has 7 N–H and O–H groups in total. The number of anilines is 3. The highest BCUT2D eigenvalue weighted by atomic mass is 16.5. The third kappa shape index (κ3) is 5.65. The van der Waals surface area contributed by atoms with Gasteiger partial charge in [-0.15, -0.1) is 0 Å². The smallest absolute Gasteiger partial charge is 0.221 e. The summed E-state index contributed by atoms with van der Waals surface area (Å²) in [5.41, 5.74) is 19.4. The van der Waals surface area contributed by atoms with Crippen LogP contribution in [0.15, 0.2) is 48.7 Å². The van der Waals surface area contributed by atoms with Crippen LogP contribution in [-0.4, -0.2) is 41.5 Å². The lowest BCUT2D eigenvalue weighted by atomic mass is 10.1. The van der Waals surface area contributed by atoms with Crippen LogP contribution < -0.4 is 31.4 Å². The van der Waals surface area contributed by atoms with E-state index in [2.05, 4.69) is 9.97 Å². The number of benzene rings is 2. The van der Waals surface area contributed by atoms with Crippen LogP contribution in [0, 0.1) is 0 Å². The fraction of sp³-hybridized carbons (Fsp3) is 0.238. The van der Waals surface area contributed by atoms with Gasteiger partial charge >= 0.3 is 0 Å². The van der Waals surface area contributed by atoms with Crippen molar-refractivity contribution in [3.8, 4) is 17.2 Å². The van der Waals surface area contributed by atoms with Gasteiger partial charge < -0.3 is 36.5 Å². The molecule has 0 amide bonds. The first-order valence-corrected chi connectivity index (χ1v) is 9.27. The molecule has 0 saturated heterocycles. The highest BCUT2D eigenvalue weighted by Gasteiger charge is 2.12. The maximum atomic E-state index is 10.2. The minimum Gasteiger partial charge on any atom is -0.493 e. The minimum atomic E-state index is -0.836. The van der Waals surface area contributed by atoms with E-state index >= 15 is 0 Å². The third-order valence-corrected chi connectivity index (χ3v) is 4.29. The fourth-order valence-electron chi connectivity index (χ4n) is 2.72. The Hall–Kier alpha value is -3.72. The van der Waals surface area contributed by atoms with Gasteiger partial charge in [0.25, 0.3) is 0 Å². The summed E-state index contributed by atoms with van der Waals surface area (Å²) in [6.07, 6.45) is 1.26. The Labute approximate surface area is 174 Å². The van der Waals surface area contributed by atoms with Crippen LogP contribution in [0.5, 0.6) is 17.2 Å². The molecule has 0 saturated carbocycles. The van der Waals surface area contributed by atoms with Crippen molar-refractivity contribution in [2.75, 3.05) is 37.5 Å². The van der Waals surface area contributed by atoms with Crippen LogP contribution >= 0.6 is 0 Å². The Morgan fingerprint density at radius 3 is 2.40 bits per heavy atom. The van der Waals surface area contributed by atoms with Crippen molar-refractivity contribution in [2.24, 2.45) is 0 Å². The summed E-state index contributed by atoms with van der Waals surface area (Å²) in [6, 6.07) is 12.4. The van der Waals surface area contributed by atoms with Crippen LogP contribution in [0.1, 0.15) is 11.1 Å². The number of hydrogen-bond acceptors (Lipinski definition) is 9. The molecule has 158 valence electrons. The molecule has 9 heteroatoms. The maximum absolute atomic E-state index is 10.2. The molecule has 1 aromatic heterocycles. The summed E-state index contributed by atoms with van der Waals surface area (Å²) < 4.78 is 16.7. The quantitative estimate of drug-likeness (QED) is 0.385. The number of methoxy groups -OCH3 is 1. The lowest BCUT2D eigenvalue weighted by Gasteiger charge is -2.16. The SMILES string of the molecule is COc1ccc(Cc2cnc(N)nc2N)cc1OCC(O)COc1ccc(N)cc1. The summed E-state index contributed by atoms with van der Waals surface area (Å²) in [5, 5.41) is 10.2. The molecule has 1 unspecified atom stereocenters. The average molecular weight is 411 g/mol. The van der Waals surface area contributed by atoms with Crippen molar-refractivity contribution >= 4 is 17.5 Å². The van der Waals surface area contributed by atoms with E-state index in [1.54, 1.807) is 43.6 Å². The second-order valence-electron chi connectivity index (χ2n) is 6.65. The Morgan fingerprint density at radius 1 is 0.967 bits per heavy atom. The van der Waals surface area contributed by atoms with Crippen molar-refractivity contribution in [1.29, 1.82) is 0 Å². The molecule has 0 aliphatic carbocycles. The van der Waals surface area contributed by atoms with Gasteiger partial charge in [0, 0.05) is 23.9 Å². The molecule has 0 radical (unpaired) electrons. The number of aliphatic hydroxyl groups excluding tert-OH is 1. The first-order valence-electron chi connectivity index (χ1n) is 9.27. The van der Waals surface area contributed by atoms with E-state index in [-0.39, 0.29) is 19.2 Å². The molecule has 3 aromatic rings. The largest absolute Gasteiger partial charge is 0.493 e. The Kier molecular flexibility index (Phi) is 6.76. The monoisotopic (exact) mass is 411 g/mol. The van der Waals surface area contributed by atoms with E-state index in [4.69, 9.17) is 31.4 Å². The van der Waals surface area contributed by atoms with Gasteiger partial charge in [-0.2, -0.15) is 4.98 Å². The predicted octanol–water partition coefficient (Wildman–Crippen LogP) is 1.64. The van der Waals surface area contributed by atoms with Gasteiger partial charge in [0.2, 0.25) is 5.95 Å². The van der Waals surface area contributed by atoms with E-state index in [0.717, 1.165) is 11.1 Å². The van der Waals surface area contributed by atoms with Crippen molar-refractivity contribution in [1.82, 2.24) is 9.97 Å². The molecule has 0 fully saturated rings. The molecule has 30 heavy (non-hydrogen) atoms. The summed E-state index contributed by atoms with van der Waals surface area (Å²) in [5.74, 6) is 2.12. The number of hydrogen-bond donors (Lipinski definition) is 4. The topological polar surface area (TPSA) is 152 Å². The Balaban J connectivity index is 1.61. The van der Waals surface area contributed by atoms with Gasteiger partial charge in [-0.1, -0.05) is 6.07 Å². The molecule has 9 nitrogen and oxygen atoms in total. The van der Waals surface area contributed by atoms with Gasteiger partial charge in [-0.25, -0.2) is 4.98 Å². The summed E-state index contributed by atoms with van der Waals surface area (Å²) >= 11 is 0. The van der Waals surface area contributed by atoms with Gasteiger partial charge in [0.05, 0.1) is 7.11 Å². The highest BCUT2D eigenvalue weighted by molar-refractivity contribution is 5.48. The van der Waals surface area contributed by atoms with Crippen molar-refractivity contribution < 1.29 is 19.3 Å². The summed E-state index contributed by atoms with van der Waals surface area (Å²) in [4.78, 5) is 7.95. The van der Waals surface area contributed by atoms with Crippen LogP contribution in [0.2, 0.25) is 0 Å². The molecular formula is C21H25N5O4. The van der Waals surface area contributed by atoms with E-state index in [9.17, 15) is 5.11 Å². The van der Waals surface area contributed by atoms with Gasteiger partial charge in [0.15, 0.2) is 11.5 Å². The van der Waals surface area contributed by atoms with Crippen LogP contribution in [-0.2, 0) is 6.42 Å². The number of nitrogens with zero attached hydrogens (tertiary/aromatic N) is 2. The molecule has 0 aliphatic heterocycles. The van der Waals surface area contributed by atoms with Crippen LogP contribution in [0.3, 0.4) is 0 Å². The van der Waals surface area contributed by atoms with Gasteiger partial charge in [0.1, 0.15) is 30.9 Å². The van der Waals surface area contributed by atoms with E-state index in [1.165, 1.54) is 0 Å². The molecule has 0 spiro atoms. The predicted molar refractivity (Wildman–Crippen MR) is 115 cm³/mol. The van der Waals surface area contributed by atoms with E-state index in [0.29, 0.717) is 35.2 Å². The lowest BCUT2D eigenvalue weighted by Crippen LogP contribution is -2.25. The second-order valence-corrected chi connectivity index (χ2v) is 6.65. The normalized spacial score (nSPS) is 11.7. The van der Waals surface area contributed by atoms with Gasteiger partial charge in [-0.3, -0.25) is 0 Å². The zero-order valence-electron chi connectivity index (χ0n) is 16.6. The maximum Gasteiger partial charge on any atom is 0.221 e. The van der Waals surface area contributed by atoms with E-state index < -0.39 is 6.10 Å². The fourth-order valence-corrected chi connectivity index (χ4v) is 2.72. The second kappa shape index (κ2) is 9.66. The molecule has 2 aromatic carbocycles. The standard InChI is InChI=1S/C21H25N5O4/c1-28-18-7-2-13(8-14-10-25-21(24)26-20(14)23)9-19(18)30-12-16(27)11-29-17-5-3-15(22)4-6-17/h2-7,9-10,16,27H,8,11-12,22H2,1H3,(H4,23,24,25,26). The number of rotatable bonds is 9. The van der Waals surface area contributed by atoms with Gasteiger partial charge in [-0.05, 0) is 42.0 Å². The Morgan fingerprint density at radius 2 is 1.70 bits per heavy atom. The van der Waals surface area contributed by atoms with Crippen molar-refractivity contribution in [3.63, 3.8) is 0 Å². The highest BCUT2D eigenvalue weighted by Crippen LogP contribution is 2.29. The van der Waals surface area contributed by atoms with Crippen molar-refractivity contribution in [2.45, 2.75) is 12.5 Å². The van der Waals surface area contributed by atoms with Crippen molar-refractivity contribution in [3.05, 3.63) is 59.8 Å². The first kappa shape index (κ1) is 21.0. The van der Waals surface area contributed by atoms with Crippen LogP contribution in [0.25, 0.3) is 0 Å². The number of aliphatic hydroxyl groups is 1. The van der Waals surface area contributed by atoms with Crippen LogP contribution in [0.4, 0.5) is 17.5 Å². The zero-order valence-corrected chi connectivity index (χ0v) is 16.6. The average Bonchev–Trinajstić information content (AvgIpc) is 2.74. The molecule has 0 aliphatic rings. The number of ether oxygens (including phenoxy) is 3. The number of nitrogens with two attached hydrogens (primary N) is 3. The minimum absolute atomic E-state index is 0.0297. The number of nitrogen functional groups attached to an aromatic ring is 3. The zero-order chi connectivity index (χ0) is 21.5.